The first-order valence-corrected chi connectivity index (χ1v) is 8.43. The van der Waals surface area contributed by atoms with Crippen molar-refractivity contribution in [3.63, 3.8) is 0 Å². The Bertz CT molecular complexity index is 847. The van der Waals surface area contributed by atoms with Gasteiger partial charge >= 0.3 is 0 Å². The minimum atomic E-state index is 0.268. The van der Waals surface area contributed by atoms with Crippen LogP contribution in [0.3, 0.4) is 0 Å². The highest BCUT2D eigenvalue weighted by Gasteiger charge is 2.19. The first-order chi connectivity index (χ1) is 10.6. The zero-order valence-corrected chi connectivity index (χ0v) is 13.8. The van der Waals surface area contributed by atoms with E-state index in [4.69, 9.17) is 9.72 Å². The molecule has 3 aromatic rings. The van der Waals surface area contributed by atoms with Gasteiger partial charge in [-0.25, -0.2) is 9.97 Å². The number of rotatable bonds is 3. The van der Waals surface area contributed by atoms with Crippen molar-refractivity contribution >= 4 is 33.1 Å². The van der Waals surface area contributed by atoms with Crippen molar-refractivity contribution in [3.8, 4) is 0 Å². The lowest BCUT2D eigenvalue weighted by Crippen LogP contribution is -2.20. The van der Waals surface area contributed by atoms with Crippen LogP contribution >= 0.6 is 11.3 Å². The largest absolute Gasteiger partial charge is 0.376 e. The minimum Gasteiger partial charge on any atom is -0.376 e. The van der Waals surface area contributed by atoms with E-state index in [9.17, 15) is 0 Å². The number of aromatic nitrogens is 4. The average Bonchev–Trinajstić information content (AvgIpc) is 3.17. The zero-order chi connectivity index (χ0) is 15.3. The topological polar surface area (TPSA) is 64.3 Å². The molecule has 0 unspecified atom stereocenters. The summed E-state index contributed by atoms with van der Waals surface area (Å²) in [4.78, 5) is 11.7. The highest BCUT2D eigenvalue weighted by Crippen LogP contribution is 2.32. The summed E-state index contributed by atoms with van der Waals surface area (Å²) in [7, 11) is 0. The van der Waals surface area contributed by atoms with Gasteiger partial charge < -0.3 is 10.1 Å². The number of nitrogens with zero attached hydrogens (tertiary/aromatic N) is 4. The SMILES string of the molecule is Cc1nc2c3c(C)c(C)sc3nc(NC[C@H]3CCCO3)n2n1. The molecule has 1 N–H and O–H groups in total. The Labute approximate surface area is 132 Å². The third-order valence-corrected chi connectivity index (χ3v) is 5.32. The first kappa shape index (κ1) is 13.9. The quantitative estimate of drug-likeness (QED) is 0.805. The number of thiophene rings is 1. The lowest BCUT2D eigenvalue weighted by Gasteiger charge is -2.12. The standard InChI is InChI=1S/C15H19N5OS/c1-8-9(2)22-14-12(8)13-17-10(3)19-20(13)15(18-14)16-7-11-5-4-6-21-11/h11H,4-7H2,1-3H3,(H,16,18)/t11-/m1/s1. The number of aryl methyl sites for hydroxylation is 3. The van der Waals surface area contributed by atoms with E-state index in [1.165, 1.54) is 10.4 Å². The molecule has 7 heteroatoms. The maximum Gasteiger partial charge on any atom is 0.227 e. The summed E-state index contributed by atoms with van der Waals surface area (Å²) in [5.74, 6) is 1.51. The van der Waals surface area contributed by atoms with Crippen LogP contribution in [0.2, 0.25) is 0 Å². The van der Waals surface area contributed by atoms with Gasteiger partial charge in [0.25, 0.3) is 0 Å². The molecule has 0 saturated carbocycles. The van der Waals surface area contributed by atoms with Crippen molar-refractivity contribution < 1.29 is 4.74 Å². The summed E-state index contributed by atoms with van der Waals surface area (Å²) < 4.78 is 7.49. The molecule has 0 radical (unpaired) electrons. The lowest BCUT2D eigenvalue weighted by molar-refractivity contribution is 0.120. The van der Waals surface area contributed by atoms with E-state index in [2.05, 4.69) is 29.2 Å². The van der Waals surface area contributed by atoms with E-state index < -0.39 is 0 Å². The van der Waals surface area contributed by atoms with Crippen LogP contribution in [0.1, 0.15) is 29.1 Å². The molecular weight excluding hydrogens is 298 g/mol. The van der Waals surface area contributed by atoms with E-state index in [1.54, 1.807) is 11.3 Å². The summed E-state index contributed by atoms with van der Waals surface area (Å²) in [5.41, 5.74) is 2.13. The van der Waals surface area contributed by atoms with E-state index in [0.29, 0.717) is 0 Å². The third-order valence-electron chi connectivity index (χ3n) is 4.22. The van der Waals surface area contributed by atoms with Crippen LogP contribution in [0.15, 0.2) is 0 Å². The fourth-order valence-electron chi connectivity index (χ4n) is 2.94. The molecule has 22 heavy (non-hydrogen) atoms. The van der Waals surface area contributed by atoms with E-state index in [-0.39, 0.29) is 6.10 Å². The number of hydrogen-bond donors (Lipinski definition) is 1. The van der Waals surface area contributed by atoms with Crippen molar-refractivity contribution in [3.05, 3.63) is 16.3 Å². The first-order valence-electron chi connectivity index (χ1n) is 7.62. The predicted molar refractivity (Wildman–Crippen MR) is 87.8 cm³/mol. The molecule has 6 nitrogen and oxygen atoms in total. The Morgan fingerprint density at radius 2 is 2.18 bits per heavy atom. The van der Waals surface area contributed by atoms with Crippen molar-refractivity contribution in [2.24, 2.45) is 0 Å². The molecule has 0 spiro atoms. The molecule has 1 aliphatic heterocycles. The van der Waals surface area contributed by atoms with Crippen LogP contribution in [0.4, 0.5) is 5.95 Å². The number of ether oxygens (including phenoxy) is 1. The maximum absolute atomic E-state index is 5.67. The molecule has 0 aromatic carbocycles. The highest BCUT2D eigenvalue weighted by atomic mass is 32.1. The van der Waals surface area contributed by atoms with Gasteiger partial charge in [0.2, 0.25) is 5.95 Å². The minimum absolute atomic E-state index is 0.268. The Kier molecular flexibility index (Phi) is 3.27. The third kappa shape index (κ3) is 2.16. The Hall–Kier alpha value is -1.73. The van der Waals surface area contributed by atoms with Gasteiger partial charge in [0.05, 0.1) is 11.5 Å². The monoisotopic (exact) mass is 317 g/mol. The molecule has 0 bridgehead atoms. The van der Waals surface area contributed by atoms with Gasteiger partial charge in [0.15, 0.2) is 5.65 Å². The average molecular weight is 317 g/mol. The van der Waals surface area contributed by atoms with Crippen molar-refractivity contribution in [1.82, 2.24) is 19.6 Å². The molecule has 4 rings (SSSR count). The molecule has 1 saturated heterocycles. The van der Waals surface area contributed by atoms with E-state index >= 15 is 0 Å². The van der Waals surface area contributed by atoms with Gasteiger partial charge in [0.1, 0.15) is 10.7 Å². The van der Waals surface area contributed by atoms with Crippen molar-refractivity contribution in [2.75, 3.05) is 18.5 Å². The smallest absolute Gasteiger partial charge is 0.227 e. The molecule has 1 atom stereocenters. The van der Waals surface area contributed by atoms with Gasteiger partial charge in [-0.3, -0.25) is 0 Å². The number of hydrogen-bond acceptors (Lipinski definition) is 6. The van der Waals surface area contributed by atoms with Crippen LogP contribution in [-0.2, 0) is 4.74 Å². The molecule has 0 aliphatic carbocycles. The van der Waals surface area contributed by atoms with Crippen LogP contribution < -0.4 is 5.32 Å². The fourth-order valence-corrected chi connectivity index (χ4v) is 3.97. The van der Waals surface area contributed by atoms with Gasteiger partial charge in [-0.1, -0.05) is 0 Å². The molecule has 0 amide bonds. The Balaban J connectivity index is 1.81. The second-order valence-corrected chi connectivity index (χ2v) is 7.01. The molecule has 4 heterocycles. The molecular formula is C15H19N5OS. The zero-order valence-electron chi connectivity index (χ0n) is 13.0. The summed E-state index contributed by atoms with van der Waals surface area (Å²) in [6.07, 6.45) is 2.51. The Morgan fingerprint density at radius 3 is 2.95 bits per heavy atom. The summed E-state index contributed by atoms with van der Waals surface area (Å²) in [5, 5.41) is 9.01. The van der Waals surface area contributed by atoms with E-state index in [0.717, 1.165) is 53.6 Å². The summed E-state index contributed by atoms with van der Waals surface area (Å²) >= 11 is 1.71. The van der Waals surface area contributed by atoms with Gasteiger partial charge in [-0.15, -0.1) is 16.4 Å². The maximum atomic E-state index is 5.67. The normalized spacial score (nSPS) is 18.6. The van der Waals surface area contributed by atoms with Gasteiger partial charge in [0, 0.05) is 18.0 Å². The number of anilines is 1. The highest BCUT2D eigenvalue weighted by molar-refractivity contribution is 7.18. The fraction of sp³-hybridized carbons (Fsp3) is 0.533. The molecule has 116 valence electrons. The number of nitrogens with one attached hydrogen (secondary N) is 1. The molecule has 1 fully saturated rings. The van der Waals surface area contributed by atoms with Crippen molar-refractivity contribution in [2.45, 2.75) is 39.7 Å². The predicted octanol–water partition coefficient (Wildman–Crippen LogP) is 2.86. The Morgan fingerprint density at radius 1 is 1.32 bits per heavy atom. The van der Waals surface area contributed by atoms with Gasteiger partial charge in [-0.2, -0.15) is 4.52 Å². The van der Waals surface area contributed by atoms with Crippen LogP contribution in [0.25, 0.3) is 15.9 Å². The van der Waals surface area contributed by atoms with E-state index in [1.807, 2.05) is 11.4 Å². The number of fused-ring (bicyclic) bond motifs is 3. The van der Waals surface area contributed by atoms with Crippen molar-refractivity contribution in [1.29, 1.82) is 0 Å². The molecule has 3 aromatic heterocycles. The lowest BCUT2D eigenvalue weighted by atomic mass is 10.2. The second-order valence-electron chi connectivity index (χ2n) is 5.81. The van der Waals surface area contributed by atoms with Crippen LogP contribution in [0, 0.1) is 20.8 Å². The van der Waals surface area contributed by atoms with Crippen LogP contribution in [0.5, 0.6) is 0 Å². The summed E-state index contributed by atoms with van der Waals surface area (Å²) in [6, 6.07) is 0. The molecule has 1 aliphatic rings. The van der Waals surface area contributed by atoms with Gasteiger partial charge in [-0.05, 0) is 39.2 Å². The van der Waals surface area contributed by atoms with Crippen LogP contribution in [-0.4, -0.2) is 38.8 Å². The second kappa shape index (κ2) is 5.17. The summed E-state index contributed by atoms with van der Waals surface area (Å²) in [6.45, 7) is 7.79.